The number of rotatable bonds is 9. The van der Waals surface area contributed by atoms with Crippen LogP contribution in [0, 0.1) is 13.8 Å². The zero-order valence-corrected chi connectivity index (χ0v) is 17.6. The highest BCUT2D eigenvalue weighted by atomic mass is 14.8. The normalized spacial score (nSPS) is 10.5. The Morgan fingerprint density at radius 1 is 0.692 bits per heavy atom. The predicted octanol–water partition coefficient (Wildman–Crippen LogP) is 7.02. The van der Waals surface area contributed by atoms with E-state index in [4.69, 9.17) is 0 Å². The Morgan fingerprint density at radius 2 is 1.19 bits per heavy atom. The van der Waals surface area contributed by atoms with Crippen molar-refractivity contribution in [3.8, 4) is 0 Å². The molecule has 1 N–H and O–H groups in total. The number of nitrogens with one attached hydrogen (secondary N) is 1. The molecule has 0 saturated carbocycles. The second kappa shape index (κ2) is 13.6. The molecule has 0 aliphatic heterocycles. The quantitative estimate of drug-likeness (QED) is 0.477. The van der Waals surface area contributed by atoms with Crippen molar-refractivity contribution in [1.82, 2.24) is 5.32 Å². The van der Waals surface area contributed by atoms with E-state index in [1.54, 1.807) is 0 Å². The minimum atomic E-state index is 0.546. The van der Waals surface area contributed by atoms with Crippen molar-refractivity contribution in [3.63, 3.8) is 0 Å². The van der Waals surface area contributed by atoms with Gasteiger partial charge in [0.15, 0.2) is 0 Å². The van der Waals surface area contributed by atoms with Crippen molar-refractivity contribution in [2.75, 3.05) is 13.1 Å². The Bertz CT molecular complexity index is 555. The van der Waals surface area contributed by atoms with Crippen LogP contribution in [0.25, 0.3) is 0 Å². The van der Waals surface area contributed by atoms with E-state index in [1.807, 2.05) is 0 Å². The summed E-state index contributed by atoms with van der Waals surface area (Å²) < 4.78 is 0. The van der Waals surface area contributed by atoms with Gasteiger partial charge in [-0.15, -0.1) is 0 Å². The van der Waals surface area contributed by atoms with Crippen LogP contribution in [0.4, 0.5) is 0 Å². The Hall–Kier alpha value is -1.60. The first kappa shape index (κ1) is 22.4. The molecule has 0 fully saturated rings. The van der Waals surface area contributed by atoms with Gasteiger partial charge in [0, 0.05) is 5.92 Å². The van der Waals surface area contributed by atoms with Gasteiger partial charge >= 0.3 is 0 Å². The summed E-state index contributed by atoms with van der Waals surface area (Å²) in [5.41, 5.74) is 5.84. The minimum Gasteiger partial charge on any atom is -0.317 e. The monoisotopic (exact) mass is 353 g/mol. The first-order valence-corrected chi connectivity index (χ1v) is 10.5. The van der Waals surface area contributed by atoms with Crippen LogP contribution < -0.4 is 5.32 Å². The van der Waals surface area contributed by atoms with Crippen molar-refractivity contribution in [3.05, 3.63) is 70.8 Å². The number of hydrogen-bond acceptors (Lipinski definition) is 1. The molecular formula is C25H39N. The molecular weight excluding hydrogens is 314 g/mol. The minimum absolute atomic E-state index is 0.546. The summed E-state index contributed by atoms with van der Waals surface area (Å²) in [6, 6.07) is 17.8. The summed E-state index contributed by atoms with van der Waals surface area (Å²) in [5, 5.41) is 3.11. The van der Waals surface area contributed by atoms with Gasteiger partial charge in [-0.1, -0.05) is 95.0 Å². The molecule has 0 aliphatic rings. The first-order chi connectivity index (χ1) is 12.7. The van der Waals surface area contributed by atoms with Gasteiger partial charge in [0.05, 0.1) is 0 Å². The van der Waals surface area contributed by atoms with Gasteiger partial charge in [-0.05, 0) is 55.6 Å². The molecule has 0 radical (unpaired) electrons. The van der Waals surface area contributed by atoms with Crippen LogP contribution in [-0.2, 0) is 0 Å². The predicted molar refractivity (Wildman–Crippen MR) is 117 cm³/mol. The molecule has 0 atom stereocenters. The smallest absolute Gasteiger partial charge is 0.00945 e. The third-order valence-electron chi connectivity index (χ3n) is 4.97. The SMILES string of the molecule is CCCCCCC(c1ccccc1C)c1ccccc1C.CCNCC. The lowest BCUT2D eigenvalue weighted by Gasteiger charge is -2.22. The molecule has 1 nitrogen and oxygen atoms in total. The molecule has 0 spiro atoms. The van der Waals surface area contributed by atoms with E-state index in [0.717, 1.165) is 13.1 Å². The van der Waals surface area contributed by atoms with Crippen LogP contribution in [0.1, 0.15) is 81.0 Å². The van der Waals surface area contributed by atoms with Gasteiger partial charge in [0.1, 0.15) is 0 Å². The summed E-state index contributed by atoms with van der Waals surface area (Å²) in [7, 11) is 0. The Kier molecular flexibility index (Phi) is 11.7. The van der Waals surface area contributed by atoms with E-state index < -0.39 is 0 Å². The van der Waals surface area contributed by atoms with Gasteiger partial charge in [0.2, 0.25) is 0 Å². The lowest BCUT2D eigenvalue weighted by molar-refractivity contribution is 0.594. The molecule has 0 saturated heterocycles. The van der Waals surface area contributed by atoms with Gasteiger partial charge in [-0.3, -0.25) is 0 Å². The number of unbranched alkanes of at least 4 members (excludes halogenated alkanes) is 3. The lowest BCUT2D eigenvalue weighted by Crippen LogP contribution is -2.09. The van der Waals surface area contributed by atoms with Crippen LogP contribution in [0.15, 0.2) is 48.5 Å². The van der Waals surface area contributed by atoms with Crippen molar-refractivity contribution in [2.45, 2.75) is 72.6 Å². The van der Waals surface area contributed by atoms with E-state index in [9.17, 15) is 0 Å². The van der Waals surface area contributed by atoms with Gasteiger partial charge in [0.25, 0.3) is 0 Å². The van der Waals surface area contributed by atoms with Crippen LogP contribution in [0.5, 0.6) is 0 Å². The van der Waals surface area contributed by atoms with E-state index in [2.05, 4.69) is 88.5 Å². The Morgan fingerprint density at radius 3 is 1.58 bits per heavy atom. The molecule has 2 aromatic rings. The average molecular weight is 354 g/mol. The van der Waals surface area contributed by atoms with Crippen molar-refractivity contribution >= 4 is 0 Å². The van der Waals surface area contributed by atoms with E-state index in [-0.39, 0.29) is 0 Å². The molecule has 0 heterocycles. The molecule has 2 rings (SSSR count). The maximum Gasteiger partial charge on any atom is 0.00945 e. The van der Waals surface area contributed by atoms with Crippen molar-refractivity contribution in [2.24, 2.45) is 0 Å². The Labute approximate surface area is 162 Å². The zero-order chi connectivity index (χ0) is 19.2. The van der Waals surface area contributed by atoms with Gasteiger partial charge in [-0.2, -0.15) is 0 Å². The third-order valence-corrected chi connectivity index (χ3v) is 4.97. The Balaban J connectivity index is 0.000000597. The van der Waals surface area contributed by atoms with Gasteiger partial charge < -0.3 is 5.32 Å². The summed E-state index contributed by atoms with van der Waals surface area (Å²) in [6.45, 7) is 13.2. The number of benzene rings is 2. The zero-order valence-electron chi connectivity index (χ0n) is 17.6. The van der Waals surface area contributed by atoms with E-state index in [0.29, 0.717) is 5.92 Å². The highest BCUT2D eigenvalue weighted by molar-refractivity contribution is 5.40. The molecule has 0 amide bonds. The number of hydrogen-bond donors (Lipinski definition) is 1. The molecule has 1 heteroatoms. The fraction of sp³-hybridized carbons (Fsp3) is 0.520. The largest absolute Gasteiger partial charge is 0.317 e. The van der Waals surface area contributed by atoms with E-state index >= 15 is 0 Å². The summed E-state index contributed by atoms with van der Waals surface area (Å²) >= 11 is 0. The molecule has 0 aliphatic carbocycles. The molecule has 2 aromatic carbocycles. The van der Waals surface area contributed by atoms with Crippen molar-refractivity contribution in [1.29, 1.82) is 0 Å². The highest BCUT2D eigenvalue weighted by Gasteiger charge is 2.17. The summed E-state index contributed by atoms with van der Waals surface area (Å²) in [4.78, 5) is 0. The fourth-order valence-corrected chi connectivity index (χ4v) is 3.46. The first-order valence-electron chi connectivity index (χ1n) is 10.5. The summed E-state index contributed by atoms with van der Waals surface area (Å²) in [6.07, 6.45) is 6.59. The molecule has 26 heavy (non-hydrogen) atoms. The van der Waals surface area contributed by atoms with Crippen LogP contribution in [0.2, 0.25) is 0 Å². The van der Waals surface area contributed by atoms with E-state index in [1.165, 1.54) is 54.4 Å². The van der Waals surface area contributed by atoms with Gasteiger partial charge in [-0.25, -0.2) is 0 Å². The second-order valence-electron chi connectivity index (χ2n) is 7.07. The molecule has 144 valence electrons. The van der Waals surface area contributed by atoms with Crippen LogP contribution in [0.3, 0.4) is 0 Å². The second-order valence-corrected chi connectivity index (χ2v) is 7.07. The maximum atomic E-state index is 3.11. The standard InChI is InChI=1S/C21H28.C4H11N/c1-4-5-6-7-16-21(19-14-10-8-12-17(19)2)20-15-11-9-13-18(20)3;1-3-5-4-2/h8-15,21H,4-7,16H2,1-3H3;5H,3-4H2,1-2H3. The number of aryl methyl sites for hydroxylation is 2. The molecule has 0 unspecified atom stereocenters. The maximum absolute atomic E-state index is 3.11. The van der Waals surface area contributed by atoms with Crippen LogP contribution in [-0.4, -0.2) is 13.1 Å². The van der Waals surface area contributed by atoms with Crippen molar-refractivity contribution < 1.29 is 0 Å². The van der Waals surface area contributed by atoms with Crippen LogP contribution >= 0.6 is 0 Å². The lowest BCUT2D eigenvalue weighted by atomic mass is 9.83. The fourth-order valence-electron chi connectivity index (χ4n) is 3.46. The topological polar surface area (TPSA) is 12.0 Å². The third kappa shape index (κ3) is 7.74. The molecule has 0 aromatic heterocycles. The summed E-state index contributed by atoms with van der Waals surface area (Å²) in [5.74, 6) is 0.546. The molecule has 0 bridgehead atoms. The average Bonchev–Trinajstić information content (AvgIpc) is 2.65. The highest BCUT2D eigenvalue weighted by Crippen LogP contribution is 2.33.